The lowest BCUT2D eigenvalue weighted by Crippen LogP contribution is -2.15. The molecule has 0 aromatic heterocycles. The SMILES string of the molecule is CCC(C)(CC=O)CCC=C(C)C. The van der Waals surface area contributed by atoms with Crippen molar-refractivity contribution in [2.45, 2.75) is 53.4 Å². The molecule has 0 fully saturated rings. The molecule has 0 N–H and O–H groups in total. The van der Waals surface area contributed by atoms with Crippen LogP contribution >= 0.6 is 0 Å². The van der Waals surface area contributed by atoms with Crippen LogP contribution in [0.4, 0.5) is 0 Å². The van der Waals surface area contributed by atoms with E-state index in [0.29, 0.717) is 6.42 Å². The zero-order valence-electron chi connectivity index (χ0n) is 9.39. The largest absolute Gasteiger partial charge is 0.303 e. The molecule has 0 saturated heterocycles. The zero-order valence-corrected chi connectivity index (χ0v) is 9.39. The van der Waals surface area contributed by atoms with E-state index in [4.69, 9.17) is 0 Å². The number of hydrogen-bond acceptors (Lipinski definition) is 1. The first-order valence-corrected chi connectivity index (χ1v) is 5.11. The quantitative estimate of drug-likeness (QED) is 0.452. The van der Waals surface area contributed by atoms with Gasteiger partial charge in [0.05, 0.1) is 0 Å². The van der Waals surface area contributed by atoms with Gasteiger partial charge < -0.3 is 4.79 Å². The predicted octanol–water partition coefficient (Wildman–Crippen LogP) is 3.74. The highest BCUT2D eigenvalue weighted by molar-refractivity contribution is 5.50. The standard InChI is InChI=1S/C12H22O/c1-5-12(4,9-10-13)8-6-7-11(2)3/h7,10H,5-6,8-9H2,1-4H3. The molecule has 0 aliphatic carbocycles. The van der Waals surface area contributed by atoms with Gasteiger partial charge in [-0.1, -0.05) is 31.9 Å². The van der Waals surface area contributed by atoms with Crippen LogP contribution in [0.3, 0.4) is 0 Å². The highest BCUT2D eigenvalue weighted by Crippen LogP contribution is 2.30. The molecule has 0 saturated carbocycles. The molecule has 0 spiro atoms. The Labute approximate surface area is 82.2 Å². The summed E-state index contributed by atoms with van der Waals surface area (Å²) < 4.78 is 0. The van der Waals surface area contributed by atoms with Crippen molar-refractivity contribution in [3.05, 3.63) is 11.6 Å². The molecule has 0 aliphatic heterocycles. The Hall–Kier alpha value is -0.590. The van der Waals surface area contributed by atoms with Crippen LogP contribution in [-0.2, 0) is 4.79 Å². The Bertz CT molecular complexity index is 178. The van der Waals surface area contributed by atoms with E-state index in [2.05, 4.69) is 33.8 Å². The van der Waals surface area contributed by atoms with E-state index in [0.717, 1.165) is 25.5 Å². The summed E-state index contributed by atoms with van der Waals surface area (Å²) in [6, 6.07) is 0. The maximum Gasteiger partial charge on any atom is 0.120 e. The molecule has 1 heteroatoms. The third-order valence-corrected chi connectivity index (χ3v) is 2.73. The molecular weight excluding hydrogens is 160 g/mol. The normalized spacial score (nSPS) is 14.8. The van der Waals surface area contributed by atoms with Gasteiger partial charge in [0.2, 0.25) is 0 Å². The van der Waals surface area contributed by atoms with Gasteiger partial charge >= 0.3 is 0 Å². The van der Waals surface area contributed by atoms with Crippen LogP contribution < -0.4 is 0 Å². The summed E-state index contributed by atoms with van der Waals surface area (Å²) in [4.78, 5) is 10.5. The van der Waals surface area contributed by atoms with Gasteiger partial charge in [0.25, 0.3) is 0 Å². The third kappa shape index (κ3) is 5.62. The van der Waals surface area contributed by atoms with Crippen molar-refractivity contribution in [3.63, 3.8) is 0 Å². The van der Waals surface area contributed by atoms with Crippen molar-refractivity contribution in [3.8, 4) is 0 Å². The van der Waals surface area contributed by atoms with Gasteiger partial charge in [-0.05, 0) is 32.1 Å². The Morgan fingerprint density at radius 2 is 2.00 bits per heavy atom. The average Bonchev–Trinajstić information content (AvgIpc) is 2.04. The topological polar surface area (TPSA) is 17.1 Å². The second-order valence-corrected chi connectivity index (χ2v) is 4.36. The van der Waals surface area contributed by atoms with Crippen molar-refractivity contribution in [1.82, 2.24) is 0 Å². The lowest BCUT2D eigenvalue weighted by molar-refractivity contribution is -0.109. The van der Waals surface area contributed by atoms with Crippen LogP contribution in [0.5, 0.6) is 0 Å². The van der Waals surface area contributed by atoms with Crippen molar-refractivity contribution in [2.24, 2.45) is 5.41 Å². The highest BCUT2D eigenvalue weighted by atomic mass is 16.1. The number of carbonyl (C=O) groups is 1. The van der Waals surface area contributed by atoms with Crippen LogP contribution in [0.25, 0.3) is 0 Å². The van der Waals surface area contributed by atoms with Crippen molar-refractivity contribution < 1.29 is 4.79 Å². The minimum Gasteiger partial charge on any atom is -0.303 e. The van der Waals surface area contributed by atoms with Crippen molar-refractivity contribution >= 4 is 6.29 Å². The van der Waals surface area contributed by atoms with Gasteiger partial charge in [0.15, 0.2) is 0 Å². The molecule has 0 aromatic carbocycles. The van der Waals surface area contributed by atoms with E-state index >= 15 is 0 Å². The summed E-state index contributed by atoms with van der Waals surface area (Å²) in [5.41, 5.74) is 1.58. The van der Waals surface area contributed by atoms with Crippen LogP contribution in [0.15, 0.2) is 11.6 Å². The van der Waals surface area contributed by atoms with E-state index in [-0.39, 0.29) is 5.41 Å². The lowest BCUT2D eigenvalue weighted by atomic mass is 9.80. The second kappa shape index (κ2) is 5.95. The number of carbonyl (C=O) groups excluding carboxylic acids is 1. The molecule has 0 rings (SSSR count). The fraction of sp³-hybridized carbons (Fsp3) is 0.750. The first kappa shape index (κ1) is 12.4. The molecule has 1 unspecified atom stereocenters. The minimum absolute atomic E-state index is 0.216. The Balaban J connectivity index is 3.97. The number of rotatable bonds is 6. The average molecular weight is 182 g/mol. The van der Waals surface area contributed by atoms with Gasteiger partial charge in [0, 0.05) is 6.42 Å². The molecule has 76 valence electrons. The van der Waals surface area contributed by atoms with Crippen LogP contribution in [-0.4, -0.2) is 6.29 Å². The maximum atomic E-state index is 10.5. The van der Waals surface area contributed by atoms with E-state index in [1.54, 1.807) is 0 Å². The van der Waals surface area contributed by atoms with E-state index < -0.39 is 0 Å². The fourth-order valence-electron chi connectivity index (χ4n) is 1.33. The summed E-state index contributed by atoms with van der Waals surface area (Å²) in [5, 5.41) is 0. The molecule has 0 aromatic rings. The van der Waals surface area contributed by atoms with Gasteiger partial charge in [-0.25, -0.2) is 0 Å². The molecule has 0 aliphatic rings. The Morgan fingerprint density at radius 3 is 2.38 bits per heavy atom. The molecule has 1 nitrogen and oxygen atoms in total. The molecular formula is C12H22O. The van der Waals surface area contributed by atoms with Crippen LogP contribution in [0.2, 0.25) is 0 Å². The van der Waals surface area contributed by atoms with Crippen molar-refractivity contribution in [1.29, 1.82) is 0 Å². The second-order valence-electron chi connectivity index (χ2n) is 4.36. The van der Waals surface area contributed by atoms with Crippen LogP contribution in [0.1, 0.15) is 53.4 Å². The predicted molar refractivity (Wildman–Crippen MR) is 57.7 cm³/mol. The fourth-order valence-corrected chi connectivity index (χ4v) is 1.33. The summed E-state index contributed by atoms with van der Waals surface area (Å²) >= 11 is 0. The summed E-state index contributed by atoms with van der Waals surface area (Å²) in [6.45, 7) is 8.58. The number of hydrogen-bond donors (Lipinski definition) is 0. The Kier molecular flexibility index (Phi) is 5.68. The minimum atomic E-state index is 0.216. The molecule has 0 amide bonds. The molecule has 0 radical (unpaired) electrons. The molecule has 1 atom stereocenters. The number of aldehydes is 1. The lowest BCUT2D eigenvalue weighted by Gasteiger charge is -2.25. The van der Waals surface area contributed by atoms with E-state index in [1.165, 1.54) is 5.57 Å². The molecule has 0 bridgehead atoms. The number of allylic oxidation sites excluding steroid dienone is 2. The van der Waals surface area contributed by atoms with Crippen LogP contribution in [0, 0.1) is 5.41 Å². The maximum absolute atomic E-state index is 10.5. The summed E-state index contributed by atoms with van der Waals surface area (Å²) in [6.07, 6.45) is 7.29. The smallest absolute Gasteiger partial charge is 0.120 e. The van der Waals surface area contributed by atoms with Gasteiger partial charge in [0.1, 0.15) is 6.29 Å². The Morgan fingerprint density at radius 1 is 1.38 bits per heavy atom. The molecule has 13 heavy (non-hydrogen) atoms. The molecule has 0 heterocycles. The van der Waals surface area contributed by atoms with E-state index in [1.807, 2.05) is 0 Å². The first-order chi connectivity index (χ1) is 6.04. The van der Waals surface area contributed by atoms with Gasteiger partial charge in [-0.2, -0.15) is 0 Å². The summed E-state index contributed by atoms with van der Waals surface area (Å²) in [7, 11) is 0. The monoisotopic (exact) mass is 182 g/mol. The van der Waals surface area contributed by atoms with Gasteiger partial charge in [-0.3, -0.25) is 0 Å². The van der Waals surface area contributed by atoms with E-state index in [9.17, 15) is 4.79 Å². The third-order valence-electron chi connectivity index (χ3n) is 2.73. The van der Waals surface area contributed by atoms with Crippen molar-refractivity contribution in [2.75, 3.05) is 0 Å². The highest BCUT2D eigenvalue weighted by Gasteiger charge is 2.19. The first-order valence-electron chi connectivity index (χ1n) is 5.11. The summed E-state index contributed by atoms with van der Waals surface area (Å²) in [5.74, 6) is 0. The van der Waals surface area contributed by atoms with Gasteiger partial charge in [-0.15, -0.1) is 0 Å². The zero-order chi connectivity index (χ0) is 10.3.